The van der Waals surface area contributed by atoms with Gasteiger partial charge < -0.3 is 14.1 Å². The second kappa shape index (κ2) is 9.51. The average molecular weight is 441 g/mol. The molecule has 2 aromatic carbocycles. The van der Waals surface area contributed by atoms with Crippen LogP contribution < -0.4 is 0 Å². The Hall–Kier alpha value is -3.57. The fourth-order valence-corrected chi connectivity index (χ4v) is 4.88. The number of methoxy groups -OCH3 is 1. The number of carbonyl (C=O) groups excluding carboxylic acids is 1. The molecule has 1 atom stereocenters. The van der Waals surface area contributed by atoms with Crippen LogP contribution in [0, 0.1) is 0 Å². The summed E-state index contributed by atoms with van der Waals surface area (Å²) in [6.07, 6.45) is 10.2. The summed E-state index contributed by atoms with van der Waals surface area (Å²) in [6, 6.07) is 19.3. The summed E-state index contributed by atoms with van der Waals surface area (Å²) in [5.74, 6) is 0.648. The number of aromatic amines is 1. The monoisotopic (exact) mass is 440 g/mol. The number of aromatic nitrogens is 1. The molecule has 2 heterocycles. The van der Waals surface area contributed by atoms with E-state index in [2.05, 4.69) is 64.6 Å². The topological polar surface area (TPSA) is 58.5 Å². The number of H-pyrrole nitrogens is 1. The predicted molar refractivity (Wildman–Crippen MR) is 130 cm³/mol. The molecule has 5 rings (SSSR count). The summed E-state index contributed by atoms with van der Waals surface area (Å²) in [4.78, 5) is 17.4. The third kappa shape index (κ3) is 4.64. The molecule has 0 bridgehead atoms. The Labute approximate surface area is 193 Å². The van der Waals surface area contributed by atoms with E-state index in [0.29, 0.717) is 6.04 Å². The summed E-state index contributed by atoms with van der Waals surface area (Å²) in [7, 11) is 1.39. The van der Waals surface area contributed by atoms with Crippen LogP contribution in [0.25, 0.3) is 17.0 Å². The highest BCUT2D eigenvalue weighted by atomic mass is 16.5. The minimum absolute atomic E-state index is 0.338. The first-order chi connectivity index (χ1) is 16.2. The van der Waals surface area contributed by atoms with E-state index in [4.69, 9.17) is 9.15 Å². The van der Waals surface area contributed by atoms with Gasteiger partial charge in [-0.2, -0.15) is 0 Å². The number of hydrogen-bond acceptors (Lipinski definition) is 4. The van der Waals surface area contributed by atoms with Crippen LogP contribution >= 0.6 is 0 Å². The van der Waals surface area contributed by atoms with E-state index >= 15 is 0 Å². The van der Waals surface area contributed by atoms with Crippen LogP contribution in [-0.4, -0.2) is 29.5 Å². The molecule has 0 saturated carbocycles. The molecule has 1 aliphatic carbocycles. The lowest BCUT2D eigenvalue weighted by molar-refractivity contribution is -0.134. The minimum Gasteiger partial charge on any atom is -0.468 e. The van der Waals surface area contributed by atoms with Crippen molar-refractivity contribution in [1.82, 2.24) is 9.88 Å². The standard InChI is InChI=1S/C28H28N2O3/c1-32-28(31)13-9-20-8-11-25-21(17-20)10-12-27(25)30(19-23-5-4-16-33-23)15-14-22-18-29-26-7-3-2-6-24(22)26/h2-9,11,13,16-18,27,29H,10,12,14-15,19H2,1H3/b13-9+. The first-order valence-corrected chi connectivity index (χ1v) is 11.4. The number of fused-ring (bicyclic) bond motifs is 2. The van der Waals surface area contributed by atoms with Crippen LogP contribution in [0.15, 0.2) is 77.6 Å². The Bertz CT molecular complexity index is 1270. The number of carbonyl (C=O) groups is 1. The number of benzene rings is 2. The summed E-state index contributed by atoms with van der Waals surface area (Å²) >= 11 is 0. The molecule has 2 aromatic heterocycles. The average Bonchev–Trinajstić information content (AvgIpc) is 3.60. The van der Waals surface area contributed by atoms with Gasteiger partial charge in [0.15, 0.2) is 0 Å². The molecule has 33 heavy (non-hydrogen) atoms. The molecule has 1 aliphatic rings. The van der Waals surface area contributed by atoms with E-state index in [1.165, 1.54) is 40.8 Å². The van der Waals surface area contributed by atoms with Crippen LogP contribution in [-0.2, 0) is 28.9 Å². The summed E-state index contributed by atoms with van der Waals surface area (Å²) in [5.41, 5.74) is 6.27. The van der Waals surface area contributed by atoms with Gasteiger partial charge >= 0.3 is 5.97 Å². The molecule has 0 radical (unpaired) electrons. The van der Waals surface area contributed by atoms with Crippen LogP contribution in [0.4, 0.5) is 0 Å². The minimum atomic E-state index is -0.338. The van der Waals surface area contributed by atoms with Crippen molar-refractivity contribution >= 4 is 22.9 Å². The zero-order chi connectivity index (χ0) is 22.6. The third-order valence-electron chi connectivity index (χ3n) is 6.55. The number of nitrogens with one attached hydrogen (secondary N) is 1. The number of furan rings is 1. The van der Waals surface area contributed by atoms with Gasteiger partial charge in [-0.25, -0.2) is 4.79 Å². The van der Waals surface area contributed by atoms with Crippen LogP contribution in [0.2, 0.25) is 0 Å². The SMILES string of the molecule is COC(=O)/C=C/c1ccc2c(c1)CCC2N(CCc1c[nH]c2ccccc12)Cc1ccco1. The number of para-hydroxylation sites is 1. The maximum absolute atomic E-state index is 11.4. The quantitative estimate of drug-likeness (QED) is 0.283. The van der Waals surface area contributed by atoms with Gasteiger partial charge in [-0.1, -0.05) is 36.4 Å². The van der Waals surface area contributed by atoms with Crippen LogP contribution in [0.5, 0.6) is 0 Å². The molecule has 168 valence electrons. The Morgan fingerprint density at radius 1 is 1.21 bits per heavy atom. The lowest BCUT2D eigenvalue weighted by Gasteiger charge is -2.29. The molecule has 1 N–H and O–H groups in total. The third-order valence-corrected chi connectivity index (χ3v) is 6.55. The largest absolute Gasteiger partial charge is 0.468 e. The van der Waals surface area contributed by atoms with E-state index < -0.39 is 0 Å². The Morgan fingerprint density at radius 3 is 2.97 bits per heavy atom. The normalized spacial score (nSPS) is 15.5. The number of rotatable bonds is 8. The van der Waals surface area contributed by atoms with Gasteiger partial charge in [0.05, 0.1) is 19.9 Å². The summed E-state index contributed by atoms with van der Waals surface area (Å²) in [6.45, 7) is 1.72. The fourth-order valence-electron chi connectivity index (χ4n) is 4.88. The van der Waals surface area contributed by atoms with Gasteiger partial charge in [0.1, 0.15) is 5.76 Å². The number of esters is 1. The molecule has 1 unspecified atom stereocenters. The summed E-state index contributed by atoms with van der Waals surface area (Å²) < 4.78 is 10.4. The lowest BCUT2D eigenvalue weighted by atomic mass is 10.0. The highest BCUT2D eigenvalue weighted by Crippen LogP contribution is 2.37. The van der Waals surface area contributed by atoms with Crippen molar-refractivity contribution in [2.45, 2.75) is 31.8 Å². The smallest absolute Gasteiger partial charge is 0.330 e. The van der Waals surface area contributed by atoms with Crippen molar-refractivity contribution < 1.29 is 13.9 Å². The first-order valence-electron chi connectivity index (χ1n) is 11.4. The van der Waals surface area contributed by atoms with Crippen molar-refractivity contribution in [1.29, 1.82) is 0 Å². The molecule has 4 aromatic rings. The maximum atomic E-state index is 11.4. The second-order valence-corrected chi connectivity index (χ2v) is 8.53. The molecule has 5 heteroatoms. The number of nitrogens with zero attached hydrogens (tertiary/aromatic N) is 1. The highest BCUT2D eigenvalue weighted by Gasteiger charge is 2.28. The fraction of sp³-hybridized carbons (Fsp3) is 0.250. The predicted octanol–water partition coefficient (Wildman–Crippen LogP) is 5.68. The second-order valence-electron chi connectivity index (χ2n) is 8.53. The van der Waals surface area contributed by atoms with Gasteiger partial charge in [-0.3, -0.25) is 4.90 Å². The van der Waals surface area contributed by atoms with E-state index in [0.717, 1.165) is 43.7 Å². The molecule has 0 amide bonds. The van der Waals surface area contributed by atoms with Crippen LogP contribution in [0.3, 0.4) is 0 Å². The van der Waals surface area contributed by atoms with Crippen molar-refractivity contribution in [3.8, 4) is 0 Å². The van der Waals surface area contributed by atoms with Crippen molar-refractivity contribution in [3.05, 3.63) is 101 Å². The molecule has 0 aliphatic heterocycles. The first kappa shape index (κ1) is 21.3. The lowest BCUT2D eigenvalue weighted by Crippen LogP contribution is -2.29. The van der Waals surface area contributed by atoms with Crippen LogP contribution in [0.1, 0.15) is 40.5 Å². The Kier molecular flexibility index (Phi) is 6.13. The van der Waals surface area contributed by atoms with Crippen molar-refractivity contribution in [2.75, 3.05) is 13.7 Å². The van der Waals surface area contributed by atoms with Gasteiger partial charge in [0.2, 0.25) is 0 Å². The zero-order valence-corrected chi connectivity index (χ0v) is 18.8. The van der Waals surface area contributed by atoms with Crippen molar-refractivity contribution in [2.24, 2.45) is 0 Å². The highest BCUT2D eigenvalue weighted by molar-refractivity contribution is 5.87. The van der Waals surface area contributed by atoms with Gasteiger partial charge in [0, 0.05) is 35.8 Å². The van der Waals surface area contributed by atoms with E-state index in [1.807, 2.05) is 12.1 Å². The van der Waals surface area contributed by atoms with Crippen molar-refractivity contribution in [3.63, 3.8) is 0 Å². The number of aryl methyl sites for hydroxylation is 1. The molecule has 0 saturated heterocycles. The van der Waals surface area contributed by atoms with E-state index in [-0.39, 0.29) is 5.97 Å². The molecule has 0 fully saturated rings. The Morgan fingerprint density at radius 2 is 2.12 bits per heavy atom. The van der Waals surface area contributed by atoms with E-state index in [1.54, 1.807) is 6.26 Å². The molecular weight excluding hydrogens is 412 g/mol. The number of ether oxygens (including phenoxy) is 1. The molecular formula is C28H28N2O3. The zero-order valence-electron chi connectivity index (χ0n) is 18.8. The van der Waals surface area contributed by atoms with Gasteiger partial charge in [0.25, 0.3) is 0 Å². The molecule has 0 spiro atoms. The Balaban J connectivity index is 1.37. The van der Waals surface area contributed by atoms with E-state index in [9.17, 15) is 4.79 Å². The summed E-state index contributed by atoms with van der Waals surface area (Å²) in [5, 5.41) is 1.30. The molecule has 5 nitrogen and oxygen atoms in total. The maximum Gasteiger partial charge on any atom is 0.330 e. The van der Waals surface area contributed by atoms with Gasteiger partial charge in [-0.15, -0.1) is 0 Å². The van der Waals surface area contributed by atoms with Gasteiger partial charge in [-0.05, 0) is 65.8 Å². The number of hydrogen-bond donors (Lipinski definition) is 1.